The molecule has 4 rings (SSSR count). The normalized spacial score (nSPS) is 11.5. The Morgan fingerprint density at radius 2 is 1.55 bits per heavy atom. The number of aromatic nitrogens is 3. The Bertz CT molecular complexity index is 1150. The van der Waals surface area contributed by atoms with Crippen LogP contribution in [0.2, 0.25) is 0 Å². The molecule has 1 atom stereocenters. The zero-order valence-corrected chi connectivity index (χ0v) is 16.7. The Balaban J connectivity index is 1.58. The lowest BCUT2D eigenvalue weighted by atomic mass is 10.0. The summed E-state index contributed by atoms with van der Waals surface area (Å²) >= 11 is 0. The second-order valence-electron chi connectivity index (χ2n) is 6.93. The standard InChI is InChI=1S/C24H21N5O2/c30-23(19-11-5-2-6-12-19)28-21(15-18-9-3-1-4-10-18)24(31)27-20-13-7-8-14-22(20)29-17-25-16-26-29/h1-14,16-17,21H,15H2,(H,27,31)(H,28,30). The highest BCUT2D eigenvalue weighted by molar-refractivity contribution is 6.02. The summed E-state index contributed by atoms with van der Waals surface area (Å²) in [5.74, 6) is -0.623. The molecule has 7 nitrogen and oxygen atoms in total. The summed E-state index contributed by atoms with van der Waals surface area (Å²) in [6.07, 6.45) is 3.34. The average Bonchev–Trinajstić information content (AvgIpc) is 3.35. The predicted molar refractivity (Wildman–Crippen MR) is 118 cm³/mol. The molecule has 1 heterocycles. The highest BCUT2D eigenvalue weighted by Crippen LogP contribution is 2.19. The van der Waals surface area contributed by atoms with Crippen LogP contribution in [-0.2, 0) is 11.2 Å². The van der Waals surface area contributed by atoms with E-state index in [1.165, 1.54) is 6.33 Å². The topological polar surface area (TPSA) is 88.9 Å². The molecule has 2 N–H and O–H groups in total. The molecule has 4 aromatic rings. The number of benzene rings is 3. The van der Waals surface area contributed by atoms with Gasteiger partial charge in [-0.15, -0.1) is 0 Å². The van der Waals surface area contributed by atoms with E-state index in [0.29, 0.717) is 23.4 Å². The van der Waals surface area contributed by atoms with Gasteiger partial charge in [0.05, 0.1) is 11.4 Å². The van der Waals surface area contributed by atoms with E-state index in [1.807, 2.05) is 54.6 Å². The first-order valence-corrected chi connectivity index (χ1v) is 9.85. The van der Waals surface area contributed by atoms with Gasteiger partial charge in [0.2, 0.25) is 5.91 Å². The van der Waals surface area contributed by atoms with Crippen molar-refractivity contribution in [2.24, 2.45) is 0 Å². The number of anilines is 1. The molecule has 31 heavy (non-hydrogen) atoms. The van der Waals surface area contributed by atoms with Crippen molar-refractivity contribution in [3.63, 3.8) is 0 Å². The molecular weight excluding hydrogens is 390 g/mol. The molecule has 0 spiro atoms. The zero-order chi connectivity index (χ0) is 21.5. The summed E-state index contributed by atoms with van der Waals surface area (Å²) in [6.45, 7) is 0. The fourth-order valence-corrected chi connectivity index (χ4v) is 3.22. The molecule has 1 aromatic heterocycles. The van der Waals surface area contributed by atoms with Gasteiger partial charge in [0.15, 0.2) is 0 Å². The maximum atomic E-state index is 13.2. The highest BCUT2D eigenvalue weighted by atomic mass is 16.2. The molecule has 7 heteroatoms. The number of nitrogens with zero attached hydrogens (tertiary/aromatic N) is 3. The molecule has 0 radical (unpaired) electrons. The molecular formula is C24H21N5O2. The van der Waals surface area contributed by atoms with Crippen molar-refractivity contribution < 1.29 is 9.59 Å². The van der Waals surface area contributed by atoms with Crippen LogP contribution in [0.5, 0.6) is 0 Å². The summed E-state index contributed by atoms with van der Waals surface area (Å²) in [5, 5.41) is 9.94. The van der Waals surface area contributed by atoms with Gasteiger partial charge in [-0.3, -0.25) is 9.59 Å². The molecule has 0 aliphatic carbocycles. The summed E-state index contributed by atoms with van der Waals surface area (Å²) < 4.78 is 1.57. The fourth-order valence-electron chi connectivity index (χ4n) is 3.22. The number of rotatable bonds is 7. The Morgan fingerprint density at radius 1 is 0.871 bits per heavy atom. The van der Waals surface area contributed by atoms with Gasteiger partial charge in [0, 0.05) is 12.0 Å². The van der Waals surface area contributed by atoms with E-state index in [2.05, 4.69) is 20.7 Å². The summed E-state index contributed by atoms with van der Waals surface area (Å²) in [6, 6.07) is 25.0. The number of hydrogen-bond acceptors (Lipinski definition) is 4. The van der Waals surface area contributed by atoms with Gasteiger partial charge in [-0.25, -0.2) is 9.67 Å². The van der Waals surface area contributed by atoms with Gasteiger partial charge in [-0.05, 0) is 29.8 Å². The van der Waals surface area contributed by atoms with Crippen LogP contribution in [0.1, 0.15) is 15.9 Å². The van der Waals surface area contributed by atoms with Crippen LogP contribution in [0.15, 0.2) is 97.6 Å². The van der Waals surface area contributed by atoms with E-state index < -0.39 is 6.04 Å². The SMILES string of the molecule is O=C(NC(Cc1ccccc1)C(=O)Nc1ccccc1-n1cncn1)c1ccccc1. The van der Waals surface area contributed by atoms with Crippen molar-refractivity contribution >= 4 is 17.5 Å². The Labute approximate surface area is 179 Å². The van der Waals surface area contributed by atoms with Crippen LogP contribution in [0, 0.1) is 0 Å². The predicted octanol–water partition coefficient (Wildman–Crippen LogP) is 3.25. The summed E-state index contributed by atoms with van der Waals surface area (Å²) in [4.78, 5) is 29.9. The molecule has 0 saturated carbocycles. The van der Waals surface area contributed by atoms with Crippen LogP contribution in [0.4, 0.5) is 5.69 Å². The zero-order valence-electron chi connectivity index (χ0n) is 16.7. The minimum Gasteiger partial charge on any atom is -0.340 e. The van der Waals surface area contributed by atoms with Crippen LogP contribution in [0.3, 0.4) is 0 Å². The van der Waals surface area contributed by atoms with Crippen molar-refractivity contribution in [2.45, 2.75) is 12.5 Å². The second kappa shape index (κ2) is 9.49. The van der Waals surface area contributed by atoms with Gasteiger partial charge >= 0.3 is 0 Å². The number of nitrogens with one attached hydrogen (secondary N) is 2. The molecule has 1 unspecified atom stereocenters. The van der Waals surface area contributed by atoms with Crippen LogP contribution in [0.25, 0.3) is 5.69 Å². The minimum absolute atomic E-state index is 0.304. The van der Waals surface area contributed by atoms with Crippen molar-refractivity contribution in [3.8, 4) is 5.69 Å². The van der Waals surface area contributed by atoms with Gasteiger partial charge in [0.25, 0.3) is 5.91 Å². The maximum absolute atomic E-state index is 13.2. The van der Waals surface area contributed by atoms with E-state index in [9.17, 15) is 9.59 Å². The average molecular weight is 411 g/mol. The fraction of sp³-hybridized carbons (Fsp3) is 0.0833. The first kappa shape index (κ1) is 20.0. The van der Waals surface area contributed by atoms with Crippen LogP contribution in [-0.4, -0.2) is 32.6 Å². The molecule has 3 aromatic carbocycles. The maximum Gasteiger partial charge on any atom is 0.251 e. The third kappa shape index (κ3) is 5.02. The molecule has 154 valence electrons. The van der Waals surface area contributed by atoms with Crippen molar-refractivity contribution in [3.05, 3.63) is 109 Å². The highest BCUT2D eigenvalue weighted by Gasteiger charge is 2.23. The molecule has 0 saturated heterocycles. The van der Waals surface area contributed by atoms with Crippen molar-refractivity contribution in [1.29, 1.82) is 0 Å². The lowest BCUT2D eigenvalue weighted by Crippen LogP contribution is -2.45. The molecule has 2 amide bonds. The third-order valence-electron chi connectivity index (χ3n) is 4.77. The molecule has 0 bridgehead atoms. The Kier molecular flexibility index (Phi) is 6.13. The molecule has 0 aliphatic rings. The number of hydrogen-bond donors (Lipinski definition) is 2. The lowest BCUT2D eigenvalue weighted by molar-refractivity contribution is -0.118. The minimum atomic E-state index is -0.765. The molecule has 0 fully saturated rings. The van der Waals surface area contributed by atoms with E-state index in [0.717, 1.165) is 5.56 Å². The number of carbonyl (C=O) groups is 2. The van der Waals surface area contributed by atoms with E-state index in [4.69, 9.17) is 0 Å². The van der Waals surface area contributed by atoms with Gasteiger partial charge in [-0.2, -0.15) is 5.10 Å². The quantitative estimate of drug-likeness (QED) is 0.489. The van der Waals surface area contributed by atoms with Gasteiger partial charge in [0.1, 0.15) is 18.7 Å². The summed E-state index contributed by atoms with van der Waals surface area (Å²) in [7, 11) is 0. The monoisotopic (exact) mass is 411 g/mol. The first-order chi connectivity index (χ1) is 15.2. The number of carbonyl (C=O) groups excluding carboxylic acids is 2. The van der Waals surface area contributed by atoms with Gasteiger partial charge < -0.3 is 10.6 Å². The third-order valence-corrected chi connectivity index (χ3v) is 4.77. The van der Waals surface area contributed by atoms with Gasteiger partial charge in [-0.1, -0.05) is 60.7 Å². The largest absolute Gasteiger partial charge is 0.340 e. The number of amides is 2. The first-order valence-electron chi connectivity index (χ1n) is 9.85. The molecule has 0 aliphatic heterocycles. The number of para-hydroxylation sites is 2. The van der Waals surface area contributed by atoms with E-state index >= 15 is 0 Å². The van der Waals surface area contributed by atoms with Crippen molar-refractivity contribution in [2.75, 3.05) is 5.32 Å². The smallest absolute Gasteiger partial charge is 0.251 e. The second-order valence-corrected chi connectivity index (χ2v) is 6.93. The Hall–Kier alpha value is -4.26. The Morgan fingerprint density at radius 3 is 2.26 bits per heavy atom. The van der Waals surface area contributed by atoms with E-state index in [1.54, 1.807) is 41.3 Å². The van der Waals surface area contributed by atoms with Crippen LogP contribution >= 0.6 is 0 Å². The van der Waals surface area contributed by atoms with E-state index in [-0.39, 0.29) is 11.8 Å². The van der Waals surface area contributed by atoms with Crippen LogP contribution < -0.4 is 10.6 Å². The van der Waals surface area contributed by atoms with Crippen molar-refractivity contribution in [1.82, 2.24) is 20.1 Å². The lowest BCUT2D eigenvalue weighted by Gasteiger charge is -2.20. The summed E-state index contributed by atoms with van der Waals surface area (Å²) in [5.41, 5.74) is 2.70.